The first-order chi connectivity index (χ1) is 15.3. The number of halogens is 1. The summed E-state index contributed by atoms with van der Waals surface area (Å²) in [6, 6.07) is 6.29. The minimum Gasteiger partial charge on any atom is -0.386 e. The number of hydrogen-bond acceptors (Lipinski definition) is 4. The molecular formula is C25H36FN3O3. The van der Waals surface area contributed by atoms with Gasteiger partial charge in [-0.3, -0.25) is 0 Å². The minimum atomic E-state index is -0.727. The number of aliphatic hydroxyl groups excluding tert-OH is 1. The van der Waals surface area contributed by atoms with Crippen LogP contribution in [0.1, 0.15) is 32.3 Å². The summed E-state index contributed by atoms with van der Waals surface area (Å²) in [5.74, 6) is 0.112. The van der Waals surface area contributed by atoms with Crippen LogP contribution in [-0.4, -0.2) is 72.5 Å². The SMILES string of the molecule is CC(C)COC1C=CC(CNC(=O)N(Cc2ccc(F)cc2)C2CCN(C)CC2)=CC1O. The van der Waals surface area contributed by atoms with Gasteiger partial charge in [0.15, 0.2) is 0 Å². The Morgan fingerprint density at radius 1 is 1.28 bits per heavy atom. The second-order valence-corrected chi connectivity index (χ2v) is 9.23. The van der Waals surface area contributed by atoms with E-state index in [1.54, 1.807) is 18.2 Å². The molecule has 2 atom stereocenters. The number of amides is 2. The lowest BCUT2D eigenvalue weighted by Gasteiger charge is -2.37. The van der Waals surface area contributed by atoms with E-state index < -0.39 is 6.10 Å². The zero-order chi connectivity index (χ0) is 23.1. The Morgan fingerprint density at radius 3 is 2.59 bits per heavy atom. The van der Waals surface area contributed by atoms with Crippen LogP contribution in [0.25, 0.3) is 0 Å². The van der Waals surface area contributed by atoms with Crippen LogP contribution in [0.2, 0.25) is 0 Å². The average Bonchev–Trinajstić information content (AvgIpc) is 2.77. The van der Waals surface area contributed by atoms with Gasteiger partial charge < -0.3 is 25.0 Å². The lowest BCUT2D eigenvalue weighted by Crippen LogP contribution is -2.50. The van der Waals surface area contributed by atoms with Gasteiger partial charge in [-0.1, -0.05) is 38.1 Å². The Labute approximate surface area is 190 Å². The molecule has 1 aromatic rings. The fourth-order valence-corrected chi connectivity index (χ4v) is 4.02. The number of carbonyl (C=O) groups is 1. The fraction of sp³-hybridized carbons (Fsp3) is 0.560. The third-order valence-corrected chi connectivity index (χ3v) is 5.94. The summed E-state index contributed by atoms with van der Waals surface area (Å²) in [6.45, 7) is 7.36. The summed E-state index contributed by atoms with van der Waals surface area (Å²) in [7, 11) is 2.09. The second kappa shape index (κ2) is 11.6. The monoisotopic (exact) mass is 445 g/mol. The lowest BCUT2D eigenvalue weighted by atomic mass is 10.0. The zero-order valence-corrected chi connectivity index (χ0v) is 19.3. The molecule has 2 aliphatic rings. The number of rotatable bonds is 8. The number of carbonyl (C=O) groups excluding carboxylic acids is 1. The zero-order valence-electron chi connectivity index (χ0n) is 19.3. The van der Waals surface area contributed by atoms with E-state index >= 15 is 0 Å². The molecule has 3 rings (SSSR count). The average molecular weight is 446 g/mol. The Kier molecular flexibility index (Phi) is 8.84. The Morgan fingerprint density at radius 2 is 1.97 bits per heavy atom. The largest absolute Gasteiger partial charge is 0.386 e. The van der Waals surface area contributed by atoms with Gasteiger partial charge in [-0.25, -0.2) is 9.18 Å². The van der Waals surface area contributed by atoms with Crippen molar-refractivity contribution in [2.24, 2.45) is 5.92 Å². The van der Waals surface area contributed by atoms with E-state index in [-0.39, 0.29) is 24.0 Å². The molecule has 176 valence electrons. The number of likely N-dealkylation sites (tertiary alicyclic amines) is 1. The van der Waals surface area contributed by atoms with E-state index in [0.29, 0.717) is 25.6 Å². The number of nitrogens with zero attached hydrogens (tertiary/aromatic N) is 2. The van der Waals surface area contributed by atoms with Crippen LogP contribution in [0.15, 0.2) is 48.1 Å². The second-order valence-electron chi connectivity index (χ2n) is 9.23. The number of aliphatic hydroxyl groups is 1. The minimum absolute atomic E-state index is 0.131. The number of hydrogen-bond donors (Lipinski definition) is 2. The van der Waals surface area contributed by atoms with Crippen molar-refractivity contribution < 1.29 is 19.0 Å². The molecule has 0 bridgehead atoms. The number of ether oxygens (including phenoxy) is 1. The molecule has 7 heteroatoms. The smallest absolute Gasteiger partial charge is 0.318 e. The maximum atomic E-state index is 13.3. The molecule has 0 spiro atoms. The van der Waals surface area contributed by atoms with Gasteiger partial charge in [0.05, 0.1) is 0 Å². The van der Waals surface area contributed by atoms with Crippen LogP contribution in [-0.2, 0) is 11.3 Å². The maximum absolute atomic E-state index is 13.3. The summed E-state index contributed by atoms with van der Waals surface area (Å²) < 4.78 is 19.0. The van der Waals surface area contributed by atoms with Crippen molar-refractivity contribution in [1.29, 1.82) is 0 Å². The van der Waals surface area contributed by atoms with Crippen molar-refractivity contribution >= 4 is 6.03 Å². The summed E-state index contributed by atoms with van der Waals surface area (Å²) in [5.41, 5.74) is 1.75. The van der Waals surface area contributed by atoms with Crippen LogP contribution in [0.3, 0.4) is 0 Å². The van der Waals surface area contributed by atoms with Crippen LogP contribution < -0.4 is 5.32 Å². The van der Waals surface area contributed by atoms with Gasteiger partial charge in [-0.05, 0) is 68.2 Å². The highest BCUT2D eigenvalue weighted by Gasteiger charge is 2.27. The first kappa shape index (κ1) is 24.4. The summed E-state index contributed by atoms with van der Waals surface area (Å²) in [5, 5.41) is 13.4. The lowest BCUT2D eigenvalue weighted by molar-refractivity contribution is -0.00155. The summed E-state index contributed by atoms with van der Waals surface area (Å²) in [6.07, 6.45) is 6.22. The van der Waals surface area contributed by atoms with E-state index in [1.165, 1.54) is 12.1 Å². The van der Waals surface area contributed by atoms with Gasteiger partial charge >= 0.3 is 6.03 Å². The standard InChI is InChI=1S/C25H36FN3O3/c1-18(2)17-32-24-9-6-20(14-23(24)30)15-27-25(31)29(22-10-12-28(3)13-11-22)16-19-4-7-21(26)8-5-19/h4-9,14,18,22-24,30H,10-13,15-17H2,1-3H3,(H,27,31). The molecule has 0 radical (unpaired) electrons. The van der Waals surface area contributed by atoms with Gasteiger partial charge in [0.25, 0.3) is 0 Å². The molecular weight excluding hydrogens is 409 g/mol. The molecule has 2 unspecified atom stereocenters. The normalized spacial score (nSPS) is 22.1. The van der Waals surface area contributed by atoms with Crippen molar-refractivity contribution in [3.63, 3.8) is 0 Å². The quantitative estimate of drug-likeness (QED) is 0.644. The van der Waals surface area contributed by atoms with Gasteiger partial charge in [-0.15, -0.1) is 0 Å². The van der Waals surface area contributed by atoms with Crippen molar-refractivity contribution in [1.82, 2.24) is 15.1 Å². The highest BCUT2D eigenvalue weighted by atomic mass is 19.1. The molecule has 6 nitrogen and oxygen atoms in total. The van der Waals surface area contributed by atoms with Gasteiger partial charge in [0.2, 0.25) is 0 Å². The van der Waals surface area contributed by atoms with Gasteiger partial charge in [-0.2, -0.15) is 0 Å². The molecule has 1 fully saturated rings. The molecule has 1 aliphatic carbocycles. The van der Waals surface area contributed by atoms with E-state index in [2.05, 4.69) is 31.1 Å². The summed E-state index contributed by atoms with van der Waals surface area (Å²) in [4.78, 5) is 17.3. The number of nitrogens with one attached hydrogen (secondary N) is 1. The van der Waals surface area contributed by atoms with Crippen LogP contribution in [0.5, 0.6) is 0 Å². The van der Waals surface area contributed by atoms with Crippen LogP contribution >= 0.6 is 0 Å². The molecule has 1 aromatic carbocycles. The topological polar surface area (TPSA) is 65.0 Å². The van der Waals surface area contributed by atoms with E-state index in [4.69, 9.17) is 4.74 Å². The Bertz CT molecular complexity index is 801. The van der Waals surface area contributed by atoms with Crippen molar-refractivity contribution in [2.75, 3.05) is 33.3 Å². The highest BCUT2D eigenvalue weighted by Crippen LogP contribution is 2.20. The molecule has 0 saturated carbocycles. The van der Waals surface area contributed by atoms with E-state index in [0.717, 1.165) is 37.1 Å². The first-order valence-corrected chi connectivity index (χ1v) is 11.5. The van der Waals surface area contributed by atoms with Gasteiger partial charge in [0.1, 0.15) is 18.0 Å². The summed E-state index contributed by atoms with van der Waals surface area (Å²) >= 11 is 0. The maximum Gasteiger partial charge on any atom is 0.318 e. The highest BCUT2D eigenvalue weighted by molar-refractivity contribution is 5.75. The van der Waals surface area contributed by atoms with E-state index in [1.807, 2.05) is 17.1 Å². The third-order valence-electron chi connectivity index (χ3n) is 5.94. The molecule has 2 amide bonds. The third kappa shape index (κ3) is 7.15. The predicted octanol–water partition coefficient (Wildman–Crippen LogP) is 3.33. The van der Waals surface area contributed by atoms with Crippen molar-refractivity contribution in [3.05, 3.63) is 59.4 Å². The van der Waals surface area contributed by atoms with Crippen molar-refractivity contribution in [2.45, 2.75) is 51.5 Å². The molecule has 1 heterocycles. The molecule has 1 aliphatic heterocycles. The van der Waals surface area contributed by atoms with Crippen LogP contribution in [0, 0.1) is 11.7 Å². The van der Waals surface area contributed by atoms with Crippen molar-refractivity contribution in [3.8, 4) is 0 Å². The molecule has 32 heavy (non-hydrogen) atoms. The molecule has 2 N–H and O–H groups in total. The molecule has 1 saturated heterocycles. The number of benzene rings is 1. The molecule has 0 aromatic heterocycles. The van der Waals surface area contributed by atoms with E-state index in [9.17, 15) is 14.3 Å². The predicted molar refractivity (Wildman–Crippen MR) is 124 cm³/mol. The number of urea groups is 1. The van der Waals surface area contributed by atoms with Gasteiger partial charge in [0, 0.05) is 25.7 Å². The number of piperidine rings is 1. The first-order valence-electron chi connectivity index (χ1n) is 11.5. The fourth-order valence-electron chi connectivity index (χ4n) is 4.02. The Balaban J connectivity index is 1.60. The van der Waals surface area contributed by atoms with Crippen LogP contribution in [0.4, 0.5) is 9.18 Å². The Hall–Kier alpha value is -2.22.